The van der Waals surface area contributed by atoms with Crippen molar-refractivity contribution >= 4 is 5.95 Å². The molecule has 2 rings (SSSR count). The van der Waals surface area contributed by atoms with Gasteiger partial charge in [-0.25, -0.2) is 9.97 Å². The van der Waals surface area contributed by atoms with E-state index in [2.05, 4.69) is 19.9 Å². The van der Waals surface area contributed by atoms with Crippen LogP contribution in [0.15, 0.2) is 31.1 Å². The van der Waals surface area contributed by atoms with E-state index in [1.54, 1.807) is 6.20 Å². The van der Waals surface area contributed by atoms with Gasteiger partial charge in [-0.2, -0.15) is 0 Å². The molecule has 1 N–H and O–H groups in total. The molecule has 0 aromatic carbocycles. The van der Waals surface area contributed by atoms with E-state index in [4.69, 9.17) is 0 Å². The summed E-state index contributed by atoms with van der Waals surface area (Å²) in [6.45, 7) is 1.99. The Hall–Kier alpha value is -1.78. The first-order valence-corrected chi connectivity index (χ1v) is 5.53. The molecular formula is C11H17N5. The lowest BCUT2D eigenvalue weighted by atomic mass is 10.3. The minimum Gasteiger partial charge on any atom is -0.356 e. The minimum atomic E-state index is 0.933. The number of aromatic nitrogens is 4. The molecule has 0 fully saturated rings. The maximum atomic E-state index is 4.20. The van der Waals surface area contributed by atoms with Crippen LogP contribution in [-0.2, 0) is 13.6 Å². The third-order valence-electron chi connectivity index (χ3n) is 2.51. The molecule has 0 saturated heterocycles. The lowest BCUT2D eigenvalue weighted by Crippen LogP contribution is -2.07. The van der Waals surface area contributed by atoms with Crippen LogP contribution in [0.1, 0.15) is 12.8 Å². The van der Waals surface area contributed by atoms with Crippen molar-refractivity contribution in [2.24, 2.45) is 7.05 Å². The quantitative estimate of drug-likeness (QED) is 0.749. The van der Waals surface area contributed by atoms with Gasteiger partial charge in [0.15, 0.2) is 0 Å². The molecule has 0 amide bonds. The molecule has 86 valence electrons. The van der Waals surface area contributed by atoms with Gasteiger partial charge in [-0.15, -0.1) is 0 Å². The van der Waals surface area contributed by atoms with Gasteiger partial charge < -0.3 is 14.5 Å². The van der Waals surface area contributed by atoms with E-state index in [1.807, 2.05) is 36.5 Å². The van der Waals surface area contributed by atoms with Crippen LogP contribution in [0.3, 0.4) is 0 Å². The van der Waals surface area contributed by atoms with E-state index >= 15 is 0 Å². The van der Waals surface area contributed by atoms with Crippen LogP contribution in [0, 0.1) is 0 Å². The molecule has 0 aliphatic rings. The Balaban J connectivity index is 1.61. The first-order chi connectivity index (χ1) is 7.86. The topological polar surface area (TPSA) is 47.7 Å². The summed E-state index contributed by atoms with van der Waals surface area (Å²) in [6, 6.07) is 0. The predicted octanol–water partition coefficient (Wildman–Crippen LogP) is 1.51. The maximum absolute atomic E-state index is 4.20. The van der Waals surface area contributed by atoms with E-state index in [0.29, 0.717) is 0 Å². The molecule has 5 heteroatoms. The highest BCUT2D eigenvalue weighted by molar-refractivity contribution is 5.24. The lowest BCUT2D eigenvalue weighted by molar-refractivity contribution is 0.619. The third-order valence-corrected chi connectivity index (χ3v) is 2.51. The summed E-state index contributed by atoms with van der Waals surface area (Å²) in [5.74, 6) is 0.933. The van der Waals surface area contributed by atoms with Crippen molar-refractivity contribution in [2.45, 2.75) is 19.4 Å². The molecule has 2 heterocycles. The lowest BCUT2D eigenvalue weighted by Gasteiger charge is -2.06. The fourth-order valence-electron chi connectivity index (χ4n) is 1.57. The number of unbranched alkanes of at least 4 members (excludes halogenated alkanes) is 1. The Morgan fingerprint density at radius 3 is 2.88 bits per heavy atom. The Bertz CT molecular complexity index is 404. The van der Waals surface area contributed by atoms with Crippen molar-refractivity contribution in [1.29, 1.82) is 0 Å². The molecule has 0 radical (unpaired) electrons. The fourth-order valence-corrected chi connectivity index (χ4v) is 1.57. The molecule has 0 spiro atoms. The van der Waals surface area contributed by atoms with Crippen LogP contribution in [0.4, 0.5) is 5.95 Å². The van der Waals surface area contributed by atoms with E-state index < -0.39 is 0 Å². The monoisotopic (exact) mass is 219 g/mol. The maximum Gasteiger partial charge on any atom is 0.202 e. The summed E-state index contributed by atoms with van der Waals surface area (Å²) < 4.78 is 4.08. The van der Waals surface area contributed by atoms with Crippen molar-refractivity contribution in [3.63, 3.8) is 0 Å². The minimum absolute atomic E-state index is 0.933. The van der Waals surface area contributed by atoms with Crippen molar-refractivity contribution < 1.29 is 0 Å². The fraction of sp³-hybridized carbons (Fsp3) is 0.455. The van der Waals surface area contributed by atoms with Crippen LogP contribution < -0.4 is 5.32 Å². The zero-order valence-corrected chi connectivity index (χ0v) is 9.50. The molecule has 2 aromatic rings. The number of nitrogens with zero attached hydrogens (tertiary/aromatic N) is 4. The standard InChI is InChI=1S/C11H17N5/c1-15-8-6-14-11(15)13-4-2-3-7-16-9-5-12-10-16/h5-6,8-10H,2-4,7H2,1H3,(H,13,14). The SMILES string of the molecule is Cn1ccnc1NCCCCn1ccnc1. The second kappa shape index (κ2) is 5.34. The molecule has 0 bridgehead atoms. The Morgan fingerprint density at radius 1 is 1.25 bits per heavy atom. The third kappa shape index (κ3) is 2.85. The number of anilines is 1. The Morgan fingerprint density at radius 2 is 2.19 bits per heavy atom. The number of hydrogen-bond acceptors (Lipinski definition) is 3. The van der Waals surface area contributed by atoms with Gasteiger partial charge in [0.2, 0.25) is 5.95 Å². The van der Waals surface area contributed by atoms with Gasteiger partial charge in [0, 0.05) is 44.9 Å². The van der Waals surface area contributed by atoms with E-state index in [1.165, 1.54) is 0 Å². The summed E-state index contributed by atoms with van der Waals surface area (Å²) in [4.78, 5) is 8.21. The highest BCUT2D eigenvalue weighted by Crippen LogP contribution is 2.01. The molecule has 16 heavy (non-hydrogen) atoms. The smallest absolute Gasteiger partial charge is 0.202 e. The number of hydrogen-bond donors (Lipinski definition) is 1. The van der Waals surface area contributed by atoms with Gasteiger partial charge >= 0.3 is 0 Å². The zero-order chi connectivity index (χ0) is 11.2. The van der Waals surface area contributed by atoms with Crippen LogP contribution in [0.5, 0.6) is 0 Å². The largest absolute Gasteiger partial charge is 0.356 e. The van der Waals surface area contributed by atoms with E-state index in [9.17, 15) is 0 Å². The molecule has 2 aromatic heterocycles. The summed E-state index contributed by atoms with van der Waals surface area (Å²) in [7, 11) is 1.99. The average Bonchev–Trinajstić information content (AvgIpc) is 2.90. The number of imidazole rings is 2. The molecule has 0 saturated carbocycles. The molecule has 0 unspecified atom stereocenters. The highest BCUT2D eigenvalue weighted by atomic mass is 15.2. The number of aryl methyl sites for hydroxylation is 2. The van der Waals surface area contributed by atoms with Gasteiger partial charge in [0.05, 0.1) is 6.33 Å². The molecule has 0 aliphatic heterocycles. The first kappa shape index (κ1) is 10.7. The highest BCUT2D eigenvalue weighted by Gasteiger charge is 1.96. The van der Waals surface area contributed by atoms with Crippen molar-refractivity contribution in [2.75, 3.05) is 11.9 Å². The van der Waals surface area contributed by atoms with Crippen molar-refractivity contribution in [1.82, 2.24) is 19.1 Å². The number of nitrogens with one attached hydrogen (secondary N) is 1. The van der Waals surface area contributed by atoms with E-state index in [0.717, 1.165) is 31.9 Å². The molecule has 0 atom stereocenters. The van der Waals surface area contributed by atoms with Crippen molar-refractivity contribution in [3.05, 3.63) is 31.1 Å². The molecule has 0 aliphatic carbocycles. The predicted molar refractivity (Wildman–Crippen MR) is 63.2 cm³/mol. The van der Waals surface area contributed by atoms with Gasteiger partial charge in [-0.3, -0.25) is 0 Å². The summed E-state index contributed by atoms with van der Waals surface area (Å²) in [6.07, 6.45) is 11.7. The molecule has 5 nitrogen and oxygen atoms in total. The van der Waals surface area contributed by atoms with Gasteiger partial charge in [-0.1, -0.05) is 0 Å². The zero-order valence-electron chi connectivity index (χ0n) is 9.50. The van der Waals surface area contributed by atoms with Crippen LogP contribution >= 0.6 is 0 Å². The Kier molecular flexibility index (Phi) is 3.58. The van der Waals surface area contributed by atoms with Crippen LogP contribution in [0.2, 0.25) is 0 Å². The van der Waals surface area contributed by atoms with E-state index in [-0.39, 0.29) is 0 Å². The van der Waals surface area contributed by atoms with Crippen LogP contribution in [-0.4, -0.2) is 25.6 Å². The molecular weight excluding hydrogens is 202 g/mol. The first-order valence-electron chi connectivity index (χ1n) is 5.53. The van der Waals surface area contributed by atoms with Crippen molar-refractivity contribution in [3.8, 4) is 0 Å². The normalized spacial score (nSPS) is 10.6. The van der Waals surface area contributed by atoms with Gasteiger partial charge in [0.25, 0.3) is 0 Å². The number of rotatable bonds is 6. The average molecular weight is 219 g/mol. The van der Waals surface area contributed by atoms with Gasteiger partial charge in [0.1, 0.15) is 0 Å². The Labute approximate surface area is 95.1 Å². The van der Waals surface area contributed by atoms with Crippen LogP contribution in [0.25, 0.3) is 0 Å². The summed E-state index contributed by atoms with van der Waals surface area (Å²) in [5.41, 5.74) is 0. The summed E-state index contributed by atoms with van der Waals surface area (Å²) in [5, 5.41) is 3.30. The second-order valence-corrected chi connectivity index (χ2v) is 3.80. The second-order valence-electron chi connectivity index (χ2n) is 3.80. The van der Waals surface area contributed by atoms with Gasteiger partial charge in [-0.05, 0) is 12.8 Å². The summed E-state index contributed by atoms with van der Waals surface area (Å²) >= 11 is 0.